The average molecular weight is 389 g/mol. The highest BCUT2D eigenvalue weighted by Crippen LogP contribution is 2.65. The van der Waals surface area contributed by atoms with Crippen LogP contribution in [0.2, 0.25) is 0 Å². The molecule has 27 heavy (non-hydrogen) atoms. The third kappa shape index (κ3) is 4.60. The summed E-state index contributed by atoms with van der Waals surface area (Å²) in [6.07, 6.45) is 0. The Morgan fingerprint density at radius 2 is 1.00 bits per heavy atom. The molecule has 2 aromatic carbocycles. The molecular formula is C23H34O3P+. The van der Waals surface area contributed by atoms with Crippen molar-refractivity contribution in [3.8, 4) is 0 Å². The zero-order chi connectivity index (χ0) is 20.8. The first-order valence-electron chi connectivity index (χ1n) is 9.42. The standard InChI is InChI=1S/C23H34O3P/c1-15-11-9-13-17(22(3,4)5)19(15)21(27(24,25)26)20-16(2)12-10-14-18(20)23(6,7)8/h9-14,21,24-26H,1-8H3/q+1. The monoisotopic (exact) mass is 389 g/mol. The molecule has 4 heteroatoms. The minimum Gasteiger partial charge on any atom is -0.192 e. The molecule has 0 aliphatic carbocycles. The van der Waals surface area contributed by atoms with E-state index in [-0.39, 0.29) is 10.8 Å². The molecule has 0 radical (unpaired) electrons. The van der Waals surface area contributed by atoms with Gasteiger partial charge in [-0.2, -0.15) is 14.7 Å². The highest BCUT2D eigenvalue weighted by molar-refractivity contribution is 7.59. The van der Waals surface area contributed by atoms with Gasteiger partial charge >= 0.3 is 7.94 Å². The molecule has 0 fully saturated rings. The van der Waals surface area contributed by atoms with Gasteiger partial charge in [-0.1, -0.05) is 77.9 Å². The summed E-state index contributed by atoms with van der Waals surface area (Å²) in [5, 5.41) is 0. The lowest BCUT2D eigenvalue weighted by Crippen LogP contribution is -2.23. The molecule has 0 atom stereocenters. The summed E-state index contributed by atoms with van der Waals surface area (Å²) >= 11 is 0. The number of hydrogen-bond donors (Lipinski definition) is 3. The van der Waals surface area contributed by atoms with Crippen LogP contribution in [0.15, 0.2) is 36.4 Å². The van der Waals surface area contributed by atoms with Crippen LogP contribution in [0.1, 0.15) is 80.6 Å². The maximum atomic E-state index is 10.6. The SMILES string of the molecule is Cc1cccc(C(C)(C)C)c1C(c1c(C)cccc1C(C)(C)C)[P+](O)(O)O. The van der Waals surface area contributed by atoms with Gasteiger partial charge in [0.1, 0.15) is 0 Å². The second-order valence-electron chi connectivity index (χ2n) is 9.59. The Hall–Kier alpha value is -1.25. The van der Waals surface area contributed by atoms with Crippen LogP contribution >= 0.6 is 7.94 Å². The summed E-state index contributed by atoms with van der Waals surface area (Å²) in [5.41, 5.74) is 4.36. The van der Waals surface area contributed by atoms with E-state index in [9.17, 15) is 14.7 Å². The van der Waals surface area contributed by atoms with Crippen molar-refractivity contribution in [1.29, 1.82) is 0 Å². The molecule has 0 amide bonds. The summed E-state index contributed by atoms with van der Waals surface area (Å²) in [4.78, 5) is 31.9. The highest BCUT2D eigenvalue weighted by Gasteiger charge is 2.49. The Bertz CT molecular complexity index is 757. The van der Waals surface area contributed by atoms with E-state index in [4.69, 9.17) is 0 Å². The molecule has 2 aromatic rings. The van der Waals surface area contributed by atoms with Gasteiger partial charge in [-0.05, 0) is 46.9 Å². The predicted molar refractivity (Wildman–Crippen MR) is 115 cm³/mol. The zero-order valence-corrected chi connectivity index (χ0v) is 18.7. The van der Waals surface area contributed by atoms with Gasteiger partial charge in [0.25, 0.3) is 0 Å². The van der Waals surface area contributed by atoms with E-state index in [0.717, 1.165) is 33.4 Å². The highest BCUT2D eigenvalue weighted by atomic mass is 31.2. The van der Waals surface area contributed by atoms with Crippen molar-refractivity contribution in [1.82, 2.24) is 0 Å². The van der Waals surface area contributed by atoms with Crippen molar-refractivity contribution >= 4 is 7.94 Å². The molecule has 2 rings (SSSR count). The maximum absolute atomic E-state index is 10.6. The van der Waals surface area contributed by atoms with Gasteiger partial charge < -0.3 is 0 Å². The lowest BCUT2D eigenvalue weighted by Gasteiger charge is -2.32. The van der Waals surface area contributed by atoms with E-state index in [1.807, 2.05) is 50.2 Å². The molecule has 0 aromatic heterocycles. The Labute approximate surface area is 164 Å². The lowest BCUT2D eigenvalue weighted by atomic mass is 9.76. The minimum absolute atomic E-state index is 0.195. The van der Waals surface area contributed by atoms with Crippen LogP contribution in [0, 0.1) is 13.8 Å². The Morgan fingerprint density at radius 1 is 0.667 bits per heavy atom. The Balaban J connectivity index is 2.96. The van der Waals surface area contributed by atoms with Crippen LogP contribution in [-0.4, -0.2) is 14.7 Å². The molecule has 0 saturated heterocycles. The lowest BCUT2D eigenvalue weighted by molar-refractivity contribution is 0.320. The number of aryl methyl sites for hydroxylation is 2. The average Bonchev–Trinajstić information content (AvgIpc) is 2.47. The summed E-state index contributed by atoms with van der Waals surface area (Å²) in [6.45, 7) is 16.6. The molecular weight excluding hydrogens is 355 g/mol. The first-order chi connectivity index (χ1) is 12.2. The van der Waals surface area contributed by atoms with Gasteiger partial charge in [-0.25, -0.2) is 0 Å². The van der Waals surface area contributed by atoms with Gasteiger partial charge in [0, 0.05) is 11.1 Å². The third-order valence-electron chi connectivity index (χ3n) is 5.16. The van der Waals surface area contributed by atoms with Crippen molar-refractivity contribution < 1.29 is 14.7 Å². The van der Waals surface area contributed by atoms with E-state index < -0.39 is 13.6 Å². The Morgan fingerprint density at radius 3 is 1.26 bits per heavy atom. The largest absolute Gasteiger partial charge is 0.416 e. The van der Waals surface area contributed by atoms with Crippen molar-refractivity contribution in [2.45, 2.75) is 71.9 Å². The van der Waals surface area contributed by atoms with Crippen molar-refractivity contribution in [3.05, 3.63) is 69.8 Å². The zero-order valence-electron chi connectivity index (χ0n) is 17.8. The smallest absolute Gasteiger partial charge is 0.192 e. The molecule has 0 heterocycles. The molecule has 3 N–H and O–H groups in total. The summed E-state index contributed by atoms with van der Waals surface area (Å²) < 4.78 is 0. The van der Waals surface area contributed by atoms with Crippen LogP contribution in [0.3, 0.4) is 0 Å². The van der Waals surface area contributed by atoms with Gasteiger partial charge in [-0.3, -0.25) is 0 Å². The second kappa shape index (κ2) is 7.29. The first kappa shape index (κ1) is 22.0. The number of rotatable bonds is 3. The van der Waals surface area contributed by atoms with Crippen molar-refractivity contribution in [2.24, 2.45) is 0 Å². The second-order valence-corrected chi connectivity index (χ2v) is 11.3. The molecule has 0 unspecified atom stereocenters. The molecule has 0 bridgehead atoms. The number of hydrogen-bond acceptors (Lipinski definition) is 3. The van der Waals surface area contributed by atoms with E-state index in [1.165, 1.54) is 0 Å². The van der Waals surface area contributed by atoms with Crippen LogP contribution in [0.4, 0.5) is 0 Å². The summed E-state index contributed by atoms with van der Waals surface area (Å²) in [6, 6.07) is 12.0. The quantitative estimate of drug-likeness (QED) is 0.588. The van der Waals surface area contributed by atoms with Gasteiger partial charge in [0.15, 0.2) is 0 Å². The molecule has 3 nitrogen and oxygen atoms in total. The van der Waals surface area contributed by atoms with Crippen LogP contribution in [0.25, 0.3) is 0 Å². The maximum Gasteiger partial charge on any atom is 0.416 e. The predicted octanol–water partition coefficient (Wildman–Crippen LogP) is 5.73. The Kier molecular flexibility index (Phi) is 5.95. The molecule has 0 aliphatic heterocycles. The van der Waals surface area contributed by atoms with E-state index in [0.29, 0.717) is 0 Å². The van der Waals surface area contributed by atoms with Crippen LogP contribution in [0.5, 0.6) is 0 Å². The van der Waals surface area contributed by atoms with Gasteiger partial charge in [-0.15, -0.1) is 0 Å². The fourth-order valence-corrected chi connectivity index (χ4v) is 5.26. The van der Waals surface area contributed by atoms with Crippen molar-refractivity contribution in [2.75, 3.05) is 0 Å². The summed E-state index contributed by atoms with van der Waals surface area (Å²) in [5.74, 6) is 0. The van der Waals surface area contributed by atoms with E-state index >= 15 is 0 Å². The van der Waals surface area contributed by atoms with E-state index in [1.54, 1.807) is 0 Å². The minimum atomic E-state index is -4.22. The van der Waals surface area contributed by atoms with Crippen molar-refractivity contribution in [3.63, 3.8) is 0 Å². The first-order valence-corrected chi connectivity index (χ1v) is 11.1. The number of benzene rings is 2. The van der Waals surface area contributed by atoms with Gasteiger partial charge in [0.2, 0.25) is 5.66 Å². The van der Waals surface area contributed by atoms with E-state index in [2.05, 4.69) is 41.5 Å². The van der Waals surface area contributed by atoms with Gasteiger partial charge in [0.05, 0.1) is 0 Å². The van der Waals surface area contributed by atoms with Crippen LogP contribution in [-0.2, 0) is 10.8 Å². The summed E-state index contributed by atoms with van der Waals surface area (Å²) in [7, 11) is -4.22. The normalized spacial score (nSPS) is 13.3. The molecule has 0 aliphatic rings. The fourth-order valence-electron chi connectivity index (χ4n) is 3.89. The third-order valence-corrected chi connectivity index (χ3v) is 6.37. The topological polar surface area (TPSA) is 60.7 Å². The fraction of sp³-hybridized carbons (Fsp3) is 0.478. The van der Waals surface area contributed by atoms with Crippen LogP contribution < -0.4 is 0 Å². The molecule has 0 saturated carbocycles. The molecule has 148 valence electrons. The molecule has 0 spiro atoms.